The summed E-state index contributed by atoms with van der Waals surface area (Å²) in [7, 11) is 0. The van der Waals surface area contributed by atoms with Crippen LogP contribution in [0, 0.1) is 0 Å². The minimum Gasteiger partial charge on any atom is -0.396 e. The molecule has 1 atom stereocenters. The molecular formula is C13H20ClNOS. The van der Waals surface area contributed by atoms with Gasteiger partial charge in [-0.1, -0.05) is 24.6 Å². The van der Waals surface area contributed by atoms with E-state index in [-0.39, 0.29) is 12.6 Å². The van der Waals surface area contributed by atoms with Crippen LogP contribution in [0.3, 0.4) is 0 Å². The third-order valence-corrected chi connectivity index (χ3v) is 3.93. The second kappa shape index (κ2) is 7.98. The summed E-state index contributed by atoms with van der Waals surface area (Å²) in [6, 6.07) is 6.46. The van der Waals surface area contributed by atoms with E-state index in [1.807, 2.05) is 6.07 Å². The topological polar surface area (TPSA) is 32.3 Å². The molecule has 1 rings (SSSR count). The van der Waals surface area contributed by atoms with Crippen LogP contribution in [0.25, 0.3) is 0 Å². The molecule has 0 bridgehead atoms. The Morgan fingerprint density at radius 2 is 2.24 bits per heavy atom. The Balaban J connectivity index is 2.65. The quantitative estimate of drug-likeness (QED) is 0.589. The summed E-state index contributed by atoms with van der Waals surface area (Å²) in [5.74, 6) is 0.926. The van der Waals surface area contributed by atoms with Crippen LogP contribution in [0.5, 0.6) is 0 Å². The highest BCUT2D eigenvalue weighted by molar-refractivity contribution is 7.99. The number of hydrogen-bond acceptors (Lipinski definition) is 3. The van der Waals surface area contributed by atoms with Crippen LogP contribution in [0.4, 0.5) is 0 Å². The summed E-state index contributed by atoms with van der Waals surface area (Å²) in [5.41, 5.74) is 1.14. The highest BCUT2D eigenvalue weighted by Crippen LogP contribution is 2.28. The number of nitrogens with one attached hydrogen (secondary N) is 1. The average Bonchev–Trinajstić information content (AvgIpc) is 2.29. The van der Waals surface area contributed by atoms with Crippen molar-refractivity contribution in [3.8, 4) is 0 Å². The van der Waals surface area contributed by atoms with Gasteiger partial charge in [0.25, 0.3) is 0 Å². The zero-order valence-corrected chi connectivity index (χ0v) is 11.9. The molecule has 0 aliphatic heterocycles. The second-order valence-electron chi connectivity index (χ2n) is 3.89. The molecule has 0 aromatic heterocycles. The Labute approximate surface area is 113 Å². The average molecular weight is 274 g/mol. The van der Waals surface area contributed by atoms with Gasteiger partial charge in [-0.25, -0.2) is 0 Å². The van der Waals surface area contributed by atoms with Crippen molar-refractivity contribution in [3.05, 3.63) is 28.8 Å². The van der Waals surface area contributed by atoms with Gasteiger partial charge in [0.15, 0.2) is 0 Å². The van der Waals surface area contributed by atoms with Crippen molar-refractivity contribution in [3.63, 3.8) is 0 Å². The van der Waals surface area contributed by atoms with Crippen LogP contribution in [0.2, 0.25) is 5.02 Å². The fourth-order valence-corrected chi connectivity index (χ4v) is 2.90. The zero-order chi connectivity index (χ0) is 12.7. The van der Waals surface area contributed by atoms with Gasteiger partial charge < -0.3 is 10.4 Å². The van der Waals surface area contributed by atoms with Gasteiger partial charge >= 0.3 is 0 Å². The number of benzene rings is 1. The van der Waals surface area contributed by atoms with E-state index >= 15 is 0 Å². The number of rotatable bonds is 7. The van der Waals surface area contributed by atoms with Crippen molar-refractivity contribution in [2.45, 2.75) is 31.2 Å². The fraction of sp³-hybridized carbons (Fsp3) is 0.538. The predicted molar refractivity (Wildman–Crippen MR) is 76.0 cm³/mol. The molecule has 0 aliphatic carbocycles. The highest BCUT2D eigenvalue weighted by atomic mass is 35.5. The third-order valence-electron chi connectivity index (χ3n) is 2.52. The van der Waals surface area contributed by atoms with Gasteiger partial charge in [0.2, 0.25) is 0 Å². The Bertz CT molecular complexity index is 346. The largest absolute Gasteiger partial charge is 0.396 e. The highest BCUT2D eigenvalue weighted by Gasteiger charge is 2.08. The molecule has 0 aliphatic rings. The maximum atomic E-state index is 8.73. The van der Waals surface area contributed by atoms with E-state index in [9.17, 15) is 0 Å². The summed E-state index contributed by atoms with van der Waals surface area (Å²) < 4.78 is 0. The lowest BCUT2D eigenvalue weighted by molar-refractivity contribution is 0.296. The van der Waals surface area contributed by atoms with E-state index in [0.717, 1.165) is 34.2 Å². The molecular weight excluding hydrogens is 254 g/mol. The van der Waals surface area contributed by atoms with Crippen molar-refractivity contribution in [1.82, 2.24) is 5.32 Å². The van der Waals surface area contributed by atoms with Crippen LogP contribution in [0.1, 0.15) is 31.9 Å². The maximum absolute atomic E-state index is 8.73. The summed E-state index contributed by atoms with van der Waals surface area (Å²) in [6.07, 6.45) is 0.817. The van der Waals surface area contributed by atoms with E-state index in [1.54, 1.807) is 11.8 Å². The summed E-state index contributed by atoms with van der Waals surface area (Å²) in [4.78, 5) is 1.16. The number of hydrogen-bond donors (Lipinski definition) is 2. The van der Waals surface area contributed by atoms with Gasteiger partial charge in [-0.05, 0) is 37.6 Å². The first kappa shape index (κ1) is 14.8. The molecule has 0 saturated heterocycles. The van der Waals surface area contributed by atoms with Gasteiger partial charge in [0, 0.05) is 28.3 Å². The lowest BCUT2D eigenvalue weighted by atomic mass is 10.1. The van der Waals surface area contributed by atoms with E-state index in [4.69, 9.17) is 16.7 Å². The molecule has 0 spiro atoms. The van der Waals surface area contributed by atoms with E-state index < -0.39 is 0 Å². The summed E-state index contributed by atoms with van der Waals surface area (Å²) >= 11 is 8.00. The molecule has 1 aromatic carbocycles. The lowest BCUT2D eigenvalue weighted by Crippen LogP contribution is -2.17. The molecule has 1 aromatic rings. The van der Waals surface area contributed by atoms with Crippen molar-refractivity contribution >= 4 is 23.4 Å². The predicted octanol–water partition coefficient (Wildman–Crippen LogP) is 3.49. The Morgan fingerprint density at radius 1 is 1.47 bits per heavy atom. The molecule has 2 nitrogen and oxygen atoms in total. The SMILES string of the molecule is CCNC(C)c1ccc(SCCCO)cc1Cl. The third kappa shape index (κ3) is 4.88. The molecule has 0 saturated carbocycles. The number of halogens is 1. The van der Waals surface area contributed by atoms with Gasteiger partial charge in [0.1, 0.15) is 0 Å². The first-order valence-electron chi connectivity index (χ1n) is 5.95. The standard InChI is InChI=1S/C13H20ClNOS/c1-3-15-10(2)12-6-5-11(9-13(12)14)17-8-4-7-16/h5-6,9-10,15-16H,3-4,7-8H2,1-2H3. The molecule has 1 unspecified atom stereocenters. The lowest BCUT2D eigenvalue weighted by Gasteiger charge is -2.15. The second-order valence-corrected chi connectivity index (χ2v) is 5.46. The Kier molecular flexibility index (Phi) is 6.97. The minimum absolute atomic E-state index is 0.246. The van der Waals surface area contributed by atoms with Crippen LogP contribution in [-0.4, -0.2) is 24.0 Å². The molecule has 17 heavy (non-hydrogen) atoms. The summed E-state index contributed by atoms with van der Waals surface area (Å²) in [6.45, 7) is 5.38. The Hall–Kier alpha value is -0.220. The fourth-order valence-electron chi connectivity index (χ4n) is 1.62. The van der Waals surface area contributed by atoms with Gasteiger partial charge in [-0.15, -0.1) is 11.8 Å². The van der Waals surface area contributed by atoms with Crippen LogP contribution in [0.15, 0.2) is 23.1 Å². The molecule has 96 valence electrons. The smallest absolute Gasteiger partial charge is 0.0464 e. The van der Waals surface area contributed by atoms with Crippen LogP contribution < -0.4 is 5.32 Å². The summed E-state index contributed by atoms with van der Waals surface area (Å²) in [5, 5.41) is 12.9. The van der Waals surface area contributed by atoms with Gasteiger partial charge in [0.05, 0.1) is 0 Å². The van der Waals surface area contributed by atoms with E-state index in [1.165, 1.54) is 0 Å². The van der Waals surface area contributed by atoms with Gasteiger partial charge in [-0.3, -0.25) is 0 Å². The van der Waals surface area contributed by atoms with E-state index in [0.29, 0.717) is 0 Å². The zero-order valence-electron chi connectivity index (χ0n) is 10.4. The normalized spacial score (nSPS) is 12.7. The molecule has 4 heteroatoms. The minimum atomic E-state index is 0.246. The molecule has 2 N–H and O–H groups in total. The number of thioether (sulfide) groups is 1. The molecule has 0 heterocycles. The van der Waals surface area contributed by atoms with E-state index in [2.05, 4.69) is 31.3 Å². The number of aliphatic hydroxyl groups is 1. The van der Waals surface area contributed by atoms with Crippen LogP contribution in [-0.2, 0) is 0 Å². The van der Waals surface area contributed by atoms with Crippen molar-refractivity contribution in [2.24, 2.45) is 0 Å². The van der Waals surface area contributed by atoms with Crippen molar-refractivity contribution < 1.29 is 5.11 Å². The molecule has 0 amide bonds. The maximum Gasteiger partial charge on any atom is 0.0464 e. The van der Waals surface area contributed by atoms with Gasteiger partial charge in [-0.2, -0.15) is 0 Å². The van der Waals surface area contributed by atoms with Crippen molar-refractivity contribution in [2.75, 3.05) is 18.9 Å². The molecule has 0 radical (unpaired) electrons. The first-order chi connectivity index (χ1) is 8.19. The monoisotopic (exact) mass is 273 g/mol. The number of aliphatic hydroxyl groups excluding tert-OH is 1. The Morgan fingerprint density at radius 3 is 2.82 bits per heavy atom. The van der Waals surface area contributed by atoms with Crippen LogP contribution >= 0.6 is 23.4 Å². The van der Waals surface area contributed by atoms with Crippen molar-refractivity contribution in [1.29, 1.82) is 0 Å². The first-order valence-corrected chi connectivity index (χ1v) is 7.31. The molecule has 0 fully saturated rings.